The van der Waals surface area contributed by atoms with Gasteiger partial charge in [0.2, 0.25) is 5.91 Å². The van der Waals surface area contributed by atoms with E-state index >= 15 is 0 Å². The summed E-state index contributed by atoms with van der Waals surface area (Å²) in [4.78, 5) is 15.7. The van der Waals surface area contributed by atoms with Gasteiger partial charge in [-0.1, -0.05) is 48.5 Å². The number of hydrogen-bond acceptors (Lipinski definition) is 3. The molecule has 1 heterocycles. The maximum Gasteiger partial charge on any atom is 0.433 e. The molecule has 0 bridgehead atoms. The summed E-state index contributed by atoms with van der Waals surface area (Å²) in [6.45, 7) is 1.64. The van der Waals surface area contributed by atoms with Crippen LogP contribution in [0.25, 0.3) is 0 Å². The quantitative estimate of drug-likeness (QED) is 0.478. The summed E-state index contributed by atoms with van der Waals surface area (Å²) in [6.07, 6.45) is -2.49. The Balaban J connectivity index is 1.85. The number of benzene rings is 2. The Morgan fingerprint density at radius 1 is 1.06 bits per heavy atom. The van der Waals surface area contributed by atoms with Crippen LogP contribution in [-0.2, 0) is 17.4 Å². The van der Waals surface area contributed by atoms with Gasteiger partial charge in [-0.2, -0.15) is 13.2 Å². The van der Waals surface area contributed by atoms with E-state index in [0.29, 0.717) is 29.5 Å². The third kappa shape index (κ3) is 5.91. The van der Waals surface area contributed by atoms with Crippen LogP contribution in [0.5, 0.6) is 0 Å². The van der Waals surface area contributed by atoms with Crippen LogP contribution < -0.4 is 11.1 Å². The van der Waals surface area contributed by atoms with E-state index in [1.54, 1.807) is 43.3 Å². The highest BCUT2D eigenvalue weighted by molar-refractivity contribution is 5.81. The van der Waals surface area contributed by atoms with Crippen LogP contribution in [0.4, 0.5) is 17.6 Å². The van der Waals surface area contributed by atoms with Crippen molar-refractivity contribution in [1.82, 2.24) is 10.3 Å². The molecule has 3 aromatic rings. The number of amides is 1. The fourth-order valence-corrected chi connectivity index (χ4v) is 3.47. The topological polar surface area (TPSA) is 68.0 Å². The standard InChI is InChI=1S/C24H23F4N3O/c1-15-13-18(9-10-19(15)25)20(31-22(23(29)32)17-5-3-2-4-6-17)11-7-16-8-12-21(30-14-16)24(26,27)28/h2-6,8-10,12-14,20,22,31H,7,11H2,1H3,(H2,29,32)/t20?,22-/m0/s1. The van der Waals surface area contributed by atoms with Gasteiger partial charge in [-0.3, -0.25) is 15.1 Å². The van der Waals surface area contributed by atoms with Crippen molar-refractivity contribution in [2.24, 2.45) is 5.73 Å². The average Bonchev–Trinajstić information content (AvgIpc) is 2.76. The van der Waals surface area contributed by atoms with E-state index < -0.39 is 29.9 Å². The monoisotopic (exact) mass is 445 g/mol. The lowest BCUT2D eigenvalue weighted by Gasteiger charge is -2.25. The maximum atomic E-state index is 13.8. The molecule has 4 nitrogen and oxygen atoms in total. The minimum atomic E-state index is -4.50. The molecule has 2 atom stereocenters. The Morgan fingerprint density at radius 2 is 1.78 bits per heavy atom. The number of nitrogens with one attached hydrogen (secondary N) is 1. The summed E-state index contributed by atoms with van der Waals surface area (Å²) in [6, 6.07) is 14.7. The molecule has 0 aliphatic carbocycles. The predicted molar refractivity (Wildman–Crippen MR) is 113 cm³/mol. The van der Waals surface area contributed by atoms with E-state index in [2.05, 4.69) is 10.3 Å². The molecule has 1 aromatic heterocycles. The summed E-state index contributed by atoms with van der Waals surface area (Å²) >= 11 is 0. The summed E-state index contributed by atoms with van der Waals surface area (Å²) in [5.74, 6) is -0.926. The summed E-state index contributed by atoms with van der Waals surface area (Å²) < 4.78 is 52.1. The van der Waals surface area contributed by atoms with Gasteiger partial charge >= 0.3 is 6.18 Å². The van der Waals surface area contributed by atoms with Crippen molar-refractivity contribution in [2.45, 2.75) is 38.0 Å². The van der Waals surface area contributed by atoms with E-state index in [-0.39, 0.29) is 5.82 Å². The van der Waals surface area contributed by atoms with Gasteiger partial charge in [-0.25, -0.2) is 4.39 Å². The predicted octanol–water partition coefficient (Wildman–Crippen LogP) is 5.04. The minimum absolute atomic E-state index is 0.353. The van der Waals surface area contributed by atoms with Gasteiger partial charge in [-0.15, -0.1) is 0 Å². The van der Waals surface area contributed by atoms with Crippen LogP contribution in [-0.4, -0.2) is 10.9 Å². The lowest BCUT2D eigenvalue weighted by Crippen LogP contribution is -2.36. The zero-order valence-electron chi connectivity index (χ0n) is 17.4. The van der Waals surface area contributed by atoms with Crippen molar-refractivity contribution in [1.29, 1.82) is 0 Å². The number of pyridine rings is 1. The molecule has 168 valence electrons. The second kappa shape index (κ2) is 9.91. The highest BCUT2D eigenvalue weighted by atomic mass is 19.4. The molecular weight excluding hydrogens is 422 g/mol. The number of carbonyl (C=O) groups is 1. The smallest absolute Gasteiger partial charge is 0.368 e. The van der Waals surface area contributed by atoms with Crippen LogP contribution >= 0.6 is 0 Å². The van der Waals surface area contributed by atoms with Crippen molar-refractivity contribution >= 4 is 5.91 Å². The van der Waals surface area contributed by atoms with E-state index in [0.717, 1.165) is 11.6 Å². The molecule has 3 rings (SSSR count). The second-order valence-electron chi connectivity index (χ2n) is 7.56. The maximum absolute atomic E-state index is 13.8. The van der Waals surface area contributed by atoms with Crippen molar-refractivity contribution in [3.63, 3.8) is 0 Å². The molecule has 32 heavy (non-hydrogen) atoms. The third-order valence-corrected chi connectivity index (χ3v) is 5.21. The summed E-state index contributed by atoms with van der Waals surface area (Å²) in [5, 5.41) is 3.24. The van der Waals surface area contributed by atoms with E-state index in [9.17, 15) is 22.4 Å². The highest BCUT2D eigenvalue weighted by Gasteiger charge is 2.32. The normalized spacial score (nSPS) is 13.5. The molecule has 0 saturated carbocycles. The molecule has 3 N–H and O–H groups in total. The number of aryl methyl sites for hydroxylation is 2. The summed E-state index contributed by atoms with van der Waals surface area (Å²) in [7, 11) is 0. The Hall–Kier alpha value is -3.26. The molecule has 1 unspecified atom stereocenters. The van der Waals surface area contributed by atoms with E-state index in [1.807, 2.05) is 6.07 Å². The van der Waals surface area contributed by atoms with Crippen molar-refractivity contribution < 1.29 is 22.4 Å². The largest absolute Gasteiger partial charge is 0.433 e. The molecule has 0 fully saturated rings. The van der Waals surface area contributed by atoms with Gasteiger partial charge in [0, 0.05) is 12.2 Å². The van der Waals surface area contributed by atoms with E-state index in [4.69, 9.17) is 5.73 Å². The van der Waals surface area contributed by atoms with Crippen LogP contribution in [0.3, 0.4) is 0 Å². The minimum Gasteiger partial charge on any atom is -0.368 e. The fourth-order valence-electron chi connectivity index (χ4n) is 3.47. The van der Waals surface area contributed by atoms with Crippen LogP contribution in [0.15, 0.2) is 66.9 Å². The number of nitrogens with two attached hydrogens (primary N) is 1. The molecule has 2 aromatic carbocycles. The van der Waals surface area contributed by atoms with Gasteiger partial charge in [0.25, 0.3) is 0 Å². The Labute approximate surface area is 183 Å². The molecular formula is C24H23F4N3O. The van der Waals surface area contributed by atoms with Gasteiger partial charge < -0.3 is 5.73 Å². The number of hydrogen-bond donors (Lipinski definition) is 2. The Bertz CT molecular complexity index is 1050. The number of carbonyl (C=O) groups excluding carboxylic acids is 1. The van der Waals surface area contributed by atoms with Gasteiger partial charge in [0.05, 0.1) is 0 Å². The van der Waals surface area contributed by atoms with Gasteiger partial charge in [-0.05, 0) is 54.2 Å². The van der Waals surface area contributed by atoms with Gasteiger partial charge in [0.1, 0.15) is 17.6 Å². The number of primary amides is 1. The fraction of sp³-hybridized carbons (Fsp3) is 0.250. The number of alkyl halides is 3. The molecule has 8 heteroatoms. The first kappa shape index (κ1) is 23.4. The van der Waals surface area contributed by atoms with Crippen LogP contribution in [0.2, 0.25) is 0 Å². The van der Waals surface area contributed by atoms with Gasteiger partial charge in [0.15, 0.2) is 0 Å². The lowest BCUT2D eigenvalue weighted by molar-refractivity contribution is -0.141. The lowest BCUT2D eigenvalue weighted by atomic mass is 9.95. The zero-order valence-corrected chi connectivity index (χ0v) is 17.4. The highest BCUT2D eigenvalue weighted by Crippen LogP contribution is 2.29. The Morgan fingerprint density at radius 3 is 2.34 bits per heavy atom. The molecule has 0 aliphatic heterocycles. The molecule has 0 saturated heterocycles. The molecule has 0 radical (unpaired) electrons. The van der Waals surface area contributed by atoms with Crippen molar-refractivity contribution in [3.8, 4) is 0 Å². The third-order valence-electron chi connectivity index (χ3n) is 5.21. The molecule has 1 amide bonds. The molecule has 0 aliphatic rings. The van der Waals surface area contributed by atoms with Crippen molar-refractivity contribution in [3.05, 3.63) is 101 Å². The zero-order chi connectivity index (χ0) is 23.3. The second-order valence-corrected chi connectivity index (χ2v) is 7.56. The SMILES string of the molecule is Cc1cc(C(CCc2ccc(C(F)(F)F)nc2)N[C@H](C(N)=O)c2ccccc2)ccc1F. The average molecular weight is 445 g/mol. The van der Waals surface area contributed by atoms with Crippen LogP contribution in [0, 0.1) is 12.7 Å². The van der Waals surface area contributed by atoms with Crippen molar-refractivity contribution in [2.75, 3.05) is 0 Å². The summed E-state index contributed by atoms with van der Waals surface area (Å²) in [5.41, 5.74) is 7.16. The first-order valence-corrected chi connectivity index (χ1v) is 10.0. The number of aromatic nitrogens is 1. The number of halogens is 4. The van der Waals surface area contributed by atoms with Crippen LogP contribution in [0.1, 0.15) is 46.5 Å². The molecule has 0 spiro atoms. The Kier molecular flexibility index (Phi) is 7.25. The first-order chi connectivity index (χ1) is 15.1. The number of nitrogens with zero attached hydrogens (tertiary/aromatic N) is 1. The van der Waals surface area contributed by atoms with E-state index in [1.165, 1.54) is 18.3 Å². The number of rotatable bonds is 8. The first-order valence-electron chi connectivity index (χ1n) is 10.0.